The van der Waals surface area contributed by atoms with Gasteiger partial charge in [-0.15, -0.1) is 0 Å². The number of rotatable bonds is 10. The molecule has 0 unspecified atom stereocenters. The quantitative estimate of drug-likeness (QED) is 0.521. The highest BCUT2D eigenvalue weighted by molar-refractivity contribution is 6.20. The third-order valence-electron chi connectivity index (χ3n) is 5.24. The van der Waals surface area contributed by atoms with Crippen molar-refractivity contribution in [1.82, 2.24) is 19.8 Å². The summed E-state index contributed by atoms with van der Waals surface area (Å²) in [6.45, 7) is 9.21. The summed E-state index contributed by atoms with van der Waals surface area (Å²) in [5.74, 6) is -1.17. The molecular formula is C23H30N4O5. The Hall–Kier alpha value is -3.49. The summed E-state index contributed by atoms with van der Waals surface area (Å²) in [6.07, 6.45) is 2.80. The fourth-order valence-corrected chi connectivity index (χ4v) is 3.47. The molecule has 172 valence electrons. The number of pyridine rings is 2. The Kier molecular flexibility index (Phi) is 8.69. The van der Waals surface area contributed by atoms with Gasteiger partial charge in [0, 0.05) is 49.7 Å². The van der Waals surface area contributed by atoms with Crippen LogP contribution in [0.5, 0.6) is 11.8 Å². The Bertz CT molecular complexity index is 907. The van der Waals surface area contributed by atoms with Crippen LogP contribution in [0.2, 0.25) is 0 Å². The molecule has 0 aliphatic heterocycles. The van der Waals surface area contributed by atoms with Crippen LogP contribution in [0.15, 0.2) is 24.5 Å². The molecule has 0 aliphatic rings. The van der Waals surface area contributed by atoms with Gasteiger partial charge in [-0.2, -0.15) is 0 Å². The molecule has 2 rings (SSSR count). The smallest absolute Gasteiger partial charge is 0.260 e. The summed E-state index contributed by atoms with van der Waals surface area (Å²) in [4.78, 5) is 51.6. The molecule has 0 spiro atoms. The minimum Gasteiger partial charge on any atom is -0.480 e. The number of ketones is 1. The first-order valence-electron chi connectivity index (χ1n) is 10.6. The maximum atomic E-state index is 13.7. The van der Waals surface area contributed by atoms with Crippen LogP contribution in [-0.4, -0.2) is 77.8 Å². The van der Waals surface area contributed by atoms with Crippen molar-refractivity contribution >= 4 is 17.6 Å². The molecule has 2 heterocycles. The van der Waals surface area contributed by atoms with Crippen LogP contribution in [0.3, 0.4) is 0 Å². The molecule has 0 fully saturated rings. The van der Waals surface area contributed by atoms with Gasteiger partial charge in [0.2, 0.25) is 11.8 Å². The summed E-state index contributed by atoms with van der Waals surface area (Å²) in [6, 6.07) is 2.92. The van der Waals surface area contributed by atoms with E-state index in [0.29, 0.717) is 26.2 Å². The maximum Gasteiger partial charge on any atom is 0.260 e. The Labute approximate surface area is 188 Å². The monoisotopic (exact) mass is 442 g/mol. The number of hydrogen-bond acceptors (Lipinski definition) is 7. The zero-order valence-corrected chi connectivity index (χ0v) is 19.5. The van der Waals surface area contributed by atoms with Crippen LogP contribution in [0.25, 0.3) is 0 Å². The summed E-state index contributed by atoms with van der Waals surface area (Å²) < 4.78 is 10.6. The average Bonchev–Trinajstić information content (AvgIpc) is 2.83. The van der Waals surface area contributed by atoms with Gasteiger partial charge in [0.15, 0.2) is 5.78 Å². The van der Waals surface area contributed by atoms with E-state index in [4.69, 9.17) is 9.47 Å². The van der Waals surface area contributed by atoms with Gasteiger partial charge in [-0.05, 0) is 39.8 Å². The Morgan fingerprint density at radius 2 is 1.06 bits per heavy atom. The first-order chi connectivity index (χ1) is 15.4. The van der Waals surface area contributed by atoms with Crippen molar-refractivity contribution in [3.63, 3.8) is 0 Å². The predicted octanol–water partition coefficient (Wildman–Crippen LogP) is 2.69. The van der Waals surface area contributed by atoms with Crippen molar-refractivity contribution in [3.05, 3.63) is 46.8 Å². The van der Waals surface area contributed by atoms with E-state index in [1.165, 1.54) is 38.7 Å². The van der Waals surface area contributed by atoms with E-state index in [9.17, 15) is 14.4 Å². The van der Waals surface area contributed by atoms with E-state index in [2.05, 4.69) is 9.97 Å². The zero-order valence-electron chi connectivity index (χ0n) is 19.5. The van der Waals surface area contributed by atoms with Crippen LogP contribution in [-0.2, 0) is 0 Å². The van der Waals surface area contributed by atoms with E-state index in [1.54, 1.807) is 9.80 Å². The Morgan fingerprint density at radius 3 is 1.34 bits per heavy atom. The minimum absolute atomic E-state index is 0.0467. The van der Waals surface area contributed by atoms with E-state index in [0.717, 1.165) is 0 Å². The van der Waals surface area contributed by atoms with Crippen LogP contribution in [0.4, 0.5) is 0 Å². The SMILES string of the molecule is CCN(CC)C(=O)c1c(C(=O)c2ccnc(OC)c2C(=O)N(CC)CC)ccnc1OC. The van der Waals surface area contributed by atoms with Crippen molar-refractivity contribution in [2.45, 2.75) is 27.7 Å². The number of methoxy groups -OCH3 is 2. The van der Waals surface area contributed by atoms with Crippen molar-refractivity contribution in [1.29, 1.82) is 0 Å². The lowest BCUT2D eigenvalue weighted by Gasteiger charge is -2.23. The summed E-state index contributed by atoms with van der Waals surface area (Å²) in [5.41, 5.74) is 0.299. The Balaban J connectivity index is 2.74. The number of carbonyl (C=O) groups is 3. The molecule has 0 radical (unpaired) electrons. The second-order valence-corrected chi connectivity index (χ2v) is 6.77. The topological polar surface area (TPSA) is 102 Å². The number of amides is 2. The summed E-state index contributed by atoms with van der Waals surface area (Å²) in [5, 5.41) is 0. The minimum atomic E-state index is -0.516. The van der Waals surface area contributed by atoms with Crippen LogP contribution >= 0.6 is 0 Å². The van der Waals surface area contributed by atoms with E-state index < -0.39 is 5.78 Å². The lowest BCUT2D eigenvalue weighted by molar-refractivity contribution is 0.0761. The third-order valence-corrected chi connectivity index (χ3v) is 5.24. The highest BCUT2D eigenvalue weighted by Crippen LogP contribution is 2.28. The van der Waals surface area contributed by atoms with E-state index in [-0.39, 0.29) is 45.8 Å². The second-order valence-electron chi connectivity index (χ2n) is 6.77. The number of aromatic nitrogens is 2. The molecule has 0 aromatic carbocycles. The predicted molar refractivity (Wildman–Crippen MR) is 120 cm³/mol. The molecule has 2 aromatic rings. The first-order valence-corrected chi connectivity index (χ1v) is 10.6. The van der Waals surface area contributed by atoms with Crippen LogP contribution in [0.1, 0.15) is 64.3 Å². The second kappa shape index (κ2) is 11.2. The van der Waals surface area contributed by atoms with Crippen molar-refractivity contribution in [2.75, 3.05) is 40.4 Å². The van der Waals surface area contributed by atoms with Gasteiger partial charge in [-0.1, -0.05) is 0 Å². The van der Waals surface area contributed by atoms with Gasteiger partial charge in [0.25, 0.3) is 11.8 Å². The van der Waals surface area contributed by atoms with E-state index >= 15 is 0 Å². The molecule has 32 heavy (non-hydrogen) atoms. The molecule has 0 saturated carbocycles. The standard InChI is InChI=1S/C23H30N4O5/c1-7-26(8-2)22(29)17-15(11-13-24-20(17)31-5)19(28)16-12-14-25-21(32-6)18(16)23(30)27(9-3)10-4/h11-14H,7-10H2,1-6H3. The fourth-order valence-electron chi connectivity index (χ4n) is 3.47. The number of hydrogen-bond donors (Lipinski definition) is 0. The molecule has 9 nitrogen and oxygen atoms in total. The fraction of sp³-hybridized carbons (Fsp3) is 0.435. The van der Waals surface area contributed by atoms with Gasteiger partial charge >= 0.3 is 0 Å². The largest absolute Gasteiger partial charge is 0.480 e. The first kappa shape index (κ1) is 24.8. The summed E-state index contributed by atoms with van der Waals surface area (Å²) >= 11 is 0. The van der Waals surface area contributed by atoms with Crippen molar-refractivity contribution in [3.8, 4) is 11.8 Å². The van der Waals surface area contributed by atoms with E-state index in [1.807, 2.05) is 27.7 Å². The van der Waals surface area contributed by atoms with Crippen LogP contribution < -0.4 is 9.47 Å². The molecule has 0 aliphatic carbocycles. The van der Waals surface area contributed by atoms with Crippen LogP contribution in [0, 0.1) is 0 Å². The molecule has 2 amide bonds. The Morgan fingerprint density at radius 1 is 0.719 bits per heavy atom. The van der Waals surface area contributed by atoms with Gasteiger partial charge < -0.3 is 19.3 Å². The van der Waals surface area contributed by atoms with Gasteiger partial charge in [0.1, 0.15) is 11.1 Å². The lowest BCUT2D eigenvalue weighted by atomic mass is 9.95. The molecule has 2 aromatic heterocycles. The van der Waals surface area contributed by atoms with Crippen molar-refractivity contribution < 1.29 is 23.9 Å². The molecule has 9 heteroatoms. The normalized spacial score (nSPS) is 10.4. The molecule has 0 N–H and O–H groups in total. The average molecular weight is 443 g/mol. The summed E-state index contributed by atoms with van der Waals surface area (Å²) in [7, 11) is 2.78. The highest BCUT2D eigenvalue weighted by atomic mass is 16.5. The molecule has 0 bridgehead atoms. The van der Waals surface area contributed by atoms with Gasteiger partial charge in [0.05, 0.1) is 14.2 Å². The lowest BCUT2D eigenvalue weighted by Crippen LogP contribution is -2.33. The number of nitrogens with zero attached hydrogens (tertiary/aromatic N) is 4. The molecule has 0 atom stereocenters. The highest BCUT2D eigenvalue weighted by Gasteiger charge is 2.31. The number of ether oxygens (including phenoxy) is 2. The van der Waals surface area contributed by atoms with Gasteiger partial charge in [-0.25, -0.2) is 9.97 Å². The molecule has 0 saturated heterocycles. The zero-order chi connectivity index (χ0) is 23.8. The van der Waals surface area contributed by atoms with Crippen molar-refractivity contribution in [2.24, 2.45) is 0 Å². The third kappa shape index (κ3) is 4.71. The molecular weight excluding hydrogens is 412 g/mol. The maximum absolute atomic E-state index is 13.7. The number of carbonyl (C=O) groups excluding carboxylic acids is 3. The van der Waals surface area contributed by atoms with Gasteiger partial charge in [-0.3, -0.25) is 14.4 Å².